The van der Waals surface area contributed by atoms with Crippen molar-refractivity contribution in [3.05, 3.63) is 59.7 Å². The normalized spacial score (nSPS) is 25.3. The number of carbonyl (C=O) groups excluding carboxylic acids is 1. The number of pyridine rings is 1. The molecule has 2 bridgehead atoms. The highest BCUT2D eigenvalue weighted by Gasteiger charge is 2.55. The summed E-state index contributed by atoms with van der Waals surface area (Å²) in [4.78, 5) is 35.2. The first-order valence-electron chi connectivity index (χ1n) is 23.5. The first-order valence-corrected chi connectivity index (χ1v) is 25.7. The molecular formula is C51H64F2N6O5Si. The molecule has 2 aromatic heterocycles. The van der Waals surface area contributed by atoms with Crippen molar-refractivity contribution in [2.24, 2.45) is 0 Å². The Hall–Kier alpha value is -4.84. The molecule has 6 atom stereocenters. The fourth-order valence-corrected chi connectivity index (χ4v) is 17.5. The molecule has 2 aromatic carbocycles. The summed E-state index contributed by atoms with van der Waals surface area (Å²) in [6.07, 6.45) is 2.14. The van der Waals surface area contributed by atoms with E-state index in [0.29, 0.717) is 57.1 Å². The lowest BCUT2D eigenvalue weighted by Crippen LogP contribution is -2.65. The number of aromatic nitrogens is 3. The van der Waals surface area contributed by atoms with Crippen LogP contribution < -0.4 is 14.4 Å². The van der Waals surface area contributed by atoms with Crippen LogP contribution in [0.5, 0.6) is 11.9 Å². The van der Waals surface area contributed by atoms with Gasteiger partial charge < -0.3 is 23.8 Å². The van der Waals surface area contributed by atoms with Gasteiger partial charge in [0.25, 0.3) is 0 Å². The topological polar surface area (TPSA) is 102 Å². The van der Waals surface area contributed by atoms with Crippen LogP contribution in [0.15, 0.2) is 42.5 Å². The van der Waals surface area contributed by atoms with Crippen LogP contribution in [0.25, 0.3) is 32.9 Å². The van der Waals surface area contributed by atoms with Crippen LogP contribution >= 0.6 is 0 Å². The molecule has 11 nitrogen and oxygen atoms in total. The number of rotatable bonds is 8. The van der Waals surface area contributed by atoms with Gasteiger partial charge in [-0.2, -0.15) is 9.97 Å². The van der Waals surface area contributed by atoms with Crippen molar-refractivity contribution in [1.82, 2.24) is 24.8 Å². The summed E-state index contributed by atoms with van der Waals surface area (Å²) < 4.78 is 59.7. The standard InChI is InChI=1S/C51H64F2N6O5Si/c1-28(2)65(29(3)4,30(5)6)23-21-36-38(52)18-16-33-14-13-15-37(40(33)36)43-42(53)44-41-46(56-48(55-44)62-27-51-24-35(61-12)26-57(51)22-20-31(51)7)58-25-34-17-19-39(45(58)32(8)63-47(41)54-43)59(34)49(60)64-50(9,10)11/h13-16,18,28-30,32,34-35,39,45H,7,17,19-20,22,24-27H2,1-6,8-12H3/t32-,34+,35-,39-,45?,51?/m0/s1. The molecule has 0 radical (unpaired) electrons. The van der Waals surface area contributed by atoms with Gasteiger partial charge in [-0.25, -0.2) is 18.6 Å². The Labute approximate surface area is 383 Å². The second-order valence-electron chi connectivity index (χ2n) is 20.9. The molecular weight excluding hydrogens is 843 g/mol. The second kappa shape index (κ2) is 16.5. The van der Waals surface area contributed by atoms with E-state index in [0.717, 1.165) is 37.9 Å². The molecule has 1 amide bonds. The molecule has 0 spiro atoms. The molecule has 7 heterocycles. The molecule has 0 aliphatic carbocycles. The number of fused-ring (bicyclic) bond motifs is 7. The van der Waals surface area contributed by atoms with Gasteiger partial charge in [0, 0.05) is 44.1 Å². The number of ether oxygens (including phenoxy) is 4. The third-order valence-corrected chi connectivity index (χ3v) is 21.6. The van der Waals surface area contributed by atoms with Gasteiger partial charge in [-0.3, -0.25) is 9.80 Å². The van der Waals surface area contributed by atoms with E-state index < -0.39 is 43.0 Å². The van der Waals surface area contributed by atoms with Crippen molar-refractivity contribution in [2.75, 3.05) is 38.3 Å². The fraction of sp³-hybridized carbons (Fsp3) is 0.569. The Balaban J connectivity index is 1.23. The van der Waals surface area contributed by atoms with Gasteiger partial charge in [0.1, 0.15) is 54.6 Å². The maximum atomic E-state index is 18.1. The van der Waals surface area contributed by atoms with E-state index in [9.17, 15) is 4.79 Å². The number of nitrogens with zero attached hydrogens (tertiary/aromatic N) is 6. The van der Waals surface area contributed by atoms with Gasteiger partial charge in [-0.05, 0) is 75.0 Å². The van der Waals surface area contributed by atoms with E-state index in [1.807, 2.05) is 44.7 Å². The average Bonchev–Trinajstić information content (AvgIpc) is 3.85. The van der Waals surface area contributed by atoms with Gasteiger partial charge in [-0.15, -0.1) is 5.54 Å². The van der Waals surface area contributed by atoms with Gasteiger partial charge >= 0.3 is 12.1 Å². The highest BCUT2D eigenvalue weighted by atomic mass is 28.3. The third-order valence-electron chi connectivity index (χ3n) is 15.3. The maximum Gasteiger partial charge on any atom is 0.410 e. The highest BCUT2D eigenvalue weighted by molar-refractivity contribution is 6.90. The minimum atomic E-state index is -2.30. The van der Waals surface area contributed by atoms with Crippen LogP contribution in [-0.4, -0.2) is 114 Å². The Morgan fingerprint density at radius 2 is 1.75 bits per heavy atom. The molecule has 4 aromatic rings. The zero-order valence-electron chi connectivity index (χ0n) is 39.8. The van der Waals surface area contributed by atoms with Crippen LogP contribution in [0.2, 0.25) is 16.6 Å². The number of carbonyl (C=O) groups is 1. The second-order valence-corrected chi connectivity index (χ2v) is 26.5. The van der Waals surface area contributed by atoms with Crippen LogP contribution in [0.1, 0.15) is 100 Å². The zero-order chi connectivity index (χ0) is 46.5. The molecule has 2 unspecified atom stereocenters. The van der Waals surface area contributed by atoms with Crippen LogP contribution in [-0.2, 0) is 9.47 Å². The lowest BCUT2D eigenvalue weighted by Gasteiger charge is -2.48. The molecule has 4 fully saturated rings. The van der Waals surface area contributed by atoms with E-state index in [2.05, 4.69) is 69.4 Å². The minimum absolute atomic E-state index is 0.00693. The number of anilines is 1. The molecule has 5 aliphatic heterocycles. The number of benzene rings is 2. The average molecular weight is 907 g/mol. The van der Waals surface area contributed by atoms with Crippen molar-refractivity contribution in [2.45, 2.75) is 153 Å². The number of hydrogen-bond acceptors (Lipinski definition) is 10. The molecule has 5 aliphatic rings. The summed E-state index contributed by atoms with van der Waals surface area (Å²) in [6, 6.07) is 7.77. The zero-order valence-corrected chi connectivity index (χ0v) is 40.8. The first-order chi connectivity index (χ1) is 30.8. The Kier molecular flexibility index (Phi) is 11.5. The smallest absolute Gasteiger partial charge is 0.410 e. The van der Waals surface area contributed by atoms with Crippen molar-refractivity contribution < 1.29 is 32.5 Å². The van der Waals surface area contributed by atoms with Crippen molar-refractivity contribution in [3.63, 3.8) is 0 Å². The predicted molar refractivity (Wildman–Crippen MR) is 253 cm³/mol. The van der Waals surface area contributed by atoms with E-state index >= 15 is 8.78 Å². The SMILES string of the molecule is C=C1CCN2C[C@@H](OC)CC12COc1nc2c3c(nc(-c4cccc5ccc(F)c(C#C[Si](C(C)C)(C(C)C)C(C)C)c45)c(F)c3n1)O[C@@H](C)C1[C@@H]3CC[C@H](CN21)N3C(=O)OC(C)(C)C. The number of piperazine rings is 1. The summed E-state index contributed by atoms with van der Waals surface area (Å²) in [5, 5.41) is 1.49. The van der Waals surface area contributed by atoms with Crippen LogP contribution in [0.3, 0.4) is 0 Å². The van der Waals surface area contributed by atoms with Gasteiger partial charge in [0.15, 0.2) is 5.82 Å². The summed E-state index contributed by atoms with van der Waals surface area (Å²) in [5.74, 6) is 2.77. The maximum absolute atomic E-state index is 18.1. The number of hydrogen-bond donors (Lipinski definition) is 0. The van der Waals surface area contributed by atoms with Gasteiger partial charge in [-0.1, -0.05) is 83.9 Å². The van der Waals surface area contributed by atoms with Gasteiger partial charge in [0.2, 0.25) is 5.88 Å². The van der Waals surface area contributed by atoms with Crippen molar-refractivity contribution in [3.8, 4) is 34.6 Å². The third kappa shape index (κ3) is 7.35. The first kappa shape index (κ1) is 45.3. The van der Waals surface area contributed by atoms with E-state index in [1.165, 1.54) is 6.07 Å². The van der Waals surface area contributed by atoms with E-state index in [4.69, 9.17) is 33.9 Å². The Morgan fingerprint density at radius 1 is 1.02 bits per heavy atom. The molecule has 0 saturated carbocycles. The summed E-state index contributed by atoms with van der Waals surface area (Å²) in [6.45, 7) is 27.6. The largest absolute Gasteiger partial charge is 0.472 e. The highest BCUT2D eigenvalue weighted by Crippen LogP contribution is 2.49. The molecule has 346 valence electrons. The fourth-order valence-electron chi connectivity index (χ4n) is 12.3. The van der Waals surface area contributed by atoms with Gasteiger partial charge in [0.05, 0.1) is 35.3 Å². The monoisotopic (exact) mass is 906 g/mol. The van der Waals surface area contributed by atoms with Crippen molar-refractivity contribution >= 4 is 41.7 Å². The minimum Gasteiger partial charge on any atom is -0.472 e. The summed E-state index contributed by atoms with van der Waals surface area (Å²) in [5.41, 5.74) is 5.10. The van der Waals surface area contributed by atoms with Crippen LogP contribution in [0, 0.1) is 23.1 Å². The number of methoxy groups -OCH3 is 1. The molecule has 0 N–H and O–H groups in total. The number of amides is 1. The Morgan fingerprint density at radius 3 is 2.45 bits per heavy atom. The molecule has 9 rings (SSSR count). The number of halogens is 2. The summed E-state index contributed by atoms with van der Waals surface area (Å²) >= 11 is 0. The lowest BCUT2D eigenvalue weighted by molar-refractivity contribution is 0.000934. The lowest BCUT2D eigenvalue weighted by atomic mass is 9.90. The molecule has 65 heavy (non-hydrogen) atoms. The Bertz CT molecular complexity index is 2620. The van der Waals surface area contributed by atoms with E-state index in [-0.39, 0.29) is 59.6 Å². The molecule has 4 saturated heterocycles. The van der Waals surface area contributed by atoms with Crippen LogP contribution in [0.4, 0.5) is 19.4 Å². The van der Waals surface area contributed by atoms with E-state index in [1.54, 1.807) is 19.2 Å². The molecule has 14 heteroatoms. The van der Waals surface area contributed by atoms with Crippen molar-refractivity contribution in [1.29, 1.82) is 0 Å². The quantitative estimate of drug-likeness (QED) is 0.0965. The predicted octanol–water partition coefficient (Wildman–Crippen LogP) is 10.2. The summed E-state index contributed by atoms with van der Waals surface area (Å²) in [7, 11) is -0.575.